The Morgan fingerprint density at radius 3 is 2.62 bits per heavy atom. The number of epoxide rings is 1. The van der Waals surface area contributed by atoms with E-state index in [1.54, 1.807) is 6.92 Å². The second-order valence-corrected chi connectivity index (χ2v) is 8.71. The molecule has 3 fully saturated rings. The van der Waals surface area contributed by atoms with Gasteiger partial charge in [-0.25, -0.2) is 4.79 Å². The van der Waals surface area contributed by atoms with Gasteiger partial charge in [-0.05, 0) is 26.8 Å². The zero-order chi connectivity index (χ0) is 23.1. The second kappa shape index (κ2) is 11.1. The maximum absolute atomic E-state index is 11.9. The smallest absolute Gasteiger partial charge is 0.405 e. The van der Waals surface area contributed by atoms with Gasteiger partial charge in [0.25, 0.3) is 0 Å². The molecule has 0 saturated carbocycles. The fourth-order valence-electron chi connectivity index (χ4n) is 3.89. The molecule has 0 aliphatic carbocycles. The van der Waals surface area contributed by atoms with Crippen molar-refractivity contribution in [3.05, 3.63) is 36.0 Å². The summed E-state index contributed by atoms with van der Waals surface area (Å²) in [6.07, 6.45) is 9.96. The van der Waals surface area contributed by atoms with Crippen LogP contribution in [0, 0.1) is 0 Å². The van der Waals surface area contributed by atoms with E-state index in [-0.39, 0.29) is 36.0 Å². The number of allylic oxidation sites excluding steroid dienone is 2. The Morgan fingerprint density at radius 2 is 1.97 bits per heavy atom. The van der Waals surface area contributed by atoms with Gasteiger partial charge in [0.1, 0.15) is 6.10 Å². The van der Waals surface area contributed by atoms with E-state index in [2.05, 4.69) is 30.5 Å². The fraction of sp³-hybridized carbons (Fsp3) is 0.652. The van der Waals surface area contributed by atoms with E-state index in [4.69, 9.17) is 29.4 Å². The first kappa shape index (κ1) is 24.4. The van der Waals surface area contributed by atoms with Gasteiger partial charge >= 0.3 is 6.09 Å². The number of rotatable bonds is 8. The quantitative estimate of drug-likeness (QED) is 0.330. The van der Waals surface area contributed by atoms with Crippen molar-refractivity contribution < 1.29 is 33.3 Å². The highest BCUT2D eigenvalue weighted by molar-refractivity contribution is 5.87. The SMILES string of the molecule is CC(C=C[C@@H]1C[C@@]2(CO2)CC(C)O1)=CCC1OCC(NC(=O)C=CC(C)OC(N)=O)CO1. The van der Waals surface area contributed by atoms with Crippen molar-refractivity contribution in [1.29, 1.82) is 0 Å². The van der Waals surface area contributed by atoms with Gasteiger partial charge < -0.3 is 34.7 Å². The van der Waals surface area contributed by atoms with Crippen LogP contribution < -0.4 is 11.1 Å². The lowest BCUT2D eigenvalue weighted by atomic mass is 9.92. The molecule has 3 aliphatic rings. The summed E-state index contributed by atoms with van der Waals surface area (Å²) in [7, 11) is 0. The Kier molecular flexibility index (Phi) is 8.47. The van der Waals surface area contributed by atoms with Gasteiger partial charge in [0.2, 0.25) is 5.91 Å². The summed E-state index contributed by atoms with van der Waals surface area (Å²) >= 11 is 0. The van der Waals surface area contributed by atoms with Crippen molar-refractivity contribution in [2.75, 3.05) is 19.8 Å². The lowest BCUT2D eigenvalue weighted by Gasteiger charge is -2.30. The van der Waals surface area contributed by atoms with Crippen molar-refractivity contribution >= 4 is 12.0 Å². The Morgan fingerprint density at radius 1 is 1.25 bits per heavy atom. The molecule has 0 bridgehead atoms. The van der Waals surface area contributed by atoms with Crippen LogP contribution in [0.1, 0.15) is 40.0 Å². The summed E-state index contributed by atoms with van der Waals surface area (Å²) in [5, 5.41) is 2.79. The van der Waals surface area contributed by atoms with Crippen LogP contribution in [0.3, 0.4) is 0 Å². The van der Waals surface area contributed by atoms with Crippen LogP contribution in [0.2, 0.25) is 0 Å². The first-order valence-electron chi connectivity index (χ1n) is 11.1. The van der Waals surface area contributed by atoms with E-state index in [1.807, 2.05) is 6.92 Å². The van der Waals surface area contributed by atoms with Crippen LogP contribution in [0.25, 0.3) is 0 Å². The number of carbonyl (C=O) groups excluding carboxylic acids is 2. The van der Waals surface area contributed by atoms with Crippen molar-refractivity contribution in [2.24, 2.45) is 5.73 Å². The highest BCUT2D eigenvalue weighted by atomic mass is 16.7. The number of hydrogen-bond donors (Lipinski definition) is 2. The van der Waals surface area contributed by atoms with Crippen molar-refractivity contribution in [3.63, 3.8) is 0 Å². The number of nitrogens with two attached hydrogens (primary N) is 1. The molecule has 3 aliphatic heterocycles. The molecular weight excluding hydrogens is 416 g/mol. The first-order chi connectivity index (χ1) is 15.2. The Bertz CT molecular complexity index is 751. The largest absolute Gasteiger partial charge is 0.442 e. The van der Waals surface area contributed by atoms with E-state index >= 15 is 0 Å². The van der Waals surface area contributed by atoms with Gasteiger partial charge in [-0.2, -0.15) is 0 Å². The van der Waals surface area contributed by atoms with Crippen LogP contribution in [-0.4, -0.2) is 68.1 Å². The van der Waals surface area contributed by atoms with E-state index in [9.17, 15) is 9.59 Å². The minimum Gasteiger partial charge on any atom is -0.442 e. The normalized spacial score (nSPS) is 34.0. The Balaban J connectivity index is 1.34. The van der Waals surface area contributed by atoms with Crippen molar-refractivity contribution in [2.45, 2.75) is 76.3 Å². The predicted octanol–water partition coefficient (Wildman–Crippen LogP) is 2.11. The molecule has 2 unspecified atom stereocenters. The molecule has 3 heterocycles. The van der Waals surface area contributed by atoms with Crippen LogP contribution in [-0.2, 0) is 28.5 Å². The van der Waals surface area contributed by atoms with Crippen molar-refractivity contribution in [1.82, 2.24) is 5.32 Å². The summed E-state index contributed by atoms with van der Waals surface area (Å²) in [6, 6.07) is -0.247. The van der Waals surface area contributed by atoms with Crippen LogP contribution in [0.5, 0.6) is 0 Å². The van der Waals surface area contributed by atoms with Gasteiger partial charge in [-0.15, -0.1) is 0 Å². The van der Waals surface area contributed by atoms with Gasteiger partial charge in [0, 0.05) is 25.3 Å². The molecule has 0 aromatic heterocycles. The summed E-state index contributed by atoms with van der Waals surface area (Å²) < 4.78 is 27.7. The molecule has 2 amide bonds. The van der Waals surface area contributed by atoms with Gasteiger partial charge in [-0.1, -0.05) is 23.8 Å². The molecule has 3 saturated heterocycles. The van der Waals surface area contributed by atoms with E-state index < -0.39 is 12.2 Å². The summed E-state index contributed by atoms with van der Waals surface area (Å²) in [5.41, 5.74) is 6.08. The molecule has 3 rings (SSSR count). The maximum atomic E-state index is 11.9. The molecule has 0 aromatic carbocycles. The molecular formula is C23H34N2O7. The molecule has 178 valence electrons. The number of carbonyl (C=O) groups is 2. The number of amides is 2. The third kappa shape index (κ3) is 8.05. The summed E-state index contributed by atoms with van der Waals surface area (Å²) in [4.78, 5) is 22.6. The van der Waals surface area contributed by atoms with Crippen LogP contribution in [0.15, 0.2) is 36.0 Å². The standard InChI is InChI=1S/C23H34N2O7/c1-15(4-7-19-11-23(14-30-23)10-17(3)31-19)5-9-21-28-12-18(13-29-21)25-20(26)8-6-16(2)32-22(24)27/h4-8,16-19,21H,9-14H2,1-3H3,(H2,24,27)(H,25,26)/t16?,17?,18?,19-,21?,23-/m1/s1. The molecule has 0 aromatic rings. The lowest BCUT2D eigenvalue weighted by Crippen LogP contribution is -2.46. The third-order valence-electron chi connectivity index (χ3n) is 5.53. The molecule has 4 atom stereocenters. The average molecular weight is 451 g/mol. The predicted molar refractivity (Wildman–Crippen MR) is 117 cm³/mol. The van der Waals surface area contributed by atoms with Crippen LogP contribution in [0.4, 0.5) is 4.79 Å². The maximum Gasteiger partial charge on any atom is 0.405 e. The van der Waals surface area contributed by atoms with Gasteiger partial charge in [-0.3, -0.25) is 4.79 Å². The zero-order valence-corrected chi connectivity index (χ0v) is 19.0. The average Bonchev–Trinajstić information content (AvgIpc) is 3.47. The fourth-order valence-corrected chi connectivity index (χ4v) is 3.89. The molecule has 0 radical (unpaired) electrons. The van der Waals surface area contributed by atoms with Crippen molar-refractivity contribution in [3.8, 4) is 0 Å². The zero-order valence-electron chi connectivity index (χ0n) is 19.0. The molecule has 32 heavy (non-hydrogen) atoms. The number of nitrogens with one attached hydrogen (secondary N) is 1. The lowest BCUT2D eigenvalue weighted by molar-refractivity contribution is -0.187. The summed E-state index contributed by atoms with van der Waals surface area (Å²) in [5.74, 6) is -0.320. The van der Waals surface area contributed by atoms with Gasteiger partial charge in [0.15, 0.2) is 6.29 Å². The highest BCUT2D eigenvalue weighted by Crippen LogP contribution is 2.42. The number of primary amides is 1. The minimum atomic E-state index is -0.888. The first-order valence-corrected chi connectivity index (χ1v) is 11.1. The van der Waals surface area contributed by atoms with E-state index in [0.29, 0.717) is 19.6 Å². The highest BCUT2D eigenvalue weighted by Gasteiger charge is 2.50. The molecule has 9 nitrogen and oxygen atoms in total. The molecule has 1 spiro atoms. The molecule has 3 N–H and O–H groups in total. The van der Waals surface area contributed by atoms with E-state index in [0.717, 1.165) is 25.0 Å². The second-order valence-electron chi connectivity index (χ2n) is 8.71. The van der Waals surface area contributed by atoms with E-state index in [1.165, 1.54) is 12.2 Å². The number of hydrogen-bond acceptors (Lipinski definition) is 7. The summed E-state index contributed by atoms with van der Waals surface area (Å²) in [6.45, 7) is 7.29. The monoisotopic (exact) mass is 450 g/mol. The Labute approximate surface area is 188 Å². The number of ether oxygens (including phenoxy) is 5. The van der Waals surface area contributed by atoms with Gasteiger partial charge in [0.05, 0.1) is 43.7 Å². The Hall–Kier alpha value is -2.20. The molecule has 9 heteroatoms. The topological polar surface area (TPSA) is 122 Å². The third-order valence-corrected chi connectivity index (χ3v) is 5.53. The van der Waals surface area contributed by atoms with Crippen LogP contribution >= 0.6 is 0 Å². The minimum absolute atomic E-state index is 0.0470.